The molecule has 0 atom stereocenters. The maximum atomic E-state index is 13.6. The molecule has 0 spiro atoms. The Bertz CT molecular complexity index is 784. The normalized spacial score (nSPS) is 16.1. The van der Waals surface area contributed by atoms with Crippen LogP contribution in [0.2, 0.25) is 0 Å². The Morgan fingerprint density at radius 3 is 1.03 bits per heavy atom. The maximum Gasteiger partial charge on any atom is 0.536 e. The average molecular weight is 583 g/mol. The van der Waals surface area contributed by atoms with Crippen LogP contribution in [0.15, 0.2) is 0 Å². The predicted molar refractivity (Wildman–Crippen MR) is 72.6 cm³/mol. The van der Waals surface area contributed by atoms with E-state index in [0.717, 1.165) is 13.8 Å². The van der Waals surface area contributed by atoms with Crippen LogP contribution < -0.4 is 0 Å². The van der Waals surface area contributed by atoms with Crippen molar-refractivity contribution in [1.29, 1.82) is 0 Å². The van der Waals surface area contributed by atoms with Gasteiger partial charge >= 0.3 is 69.1 Å². The van der Waals surface area contributed by atoms with Crippen LogP contribution in [0.1, 0.15) is 13.8 Å². The Labute approximate surface area is 186 Å². The fourth-order valence-electron chi connectivity index (χ4n) is 1.79. The van der Waals surface area contributed by atoms with E-state index >= 15 is 0 Å². The molecule has 0 fully saturated rings. The summed E-state index contributed by atoms with van der Waals surface area (Å²) in [6.45, 7) is 1.83. The van der Waals surface area contributed by atoms with E-state index in [9.17, 15) is 88.2 Å². The molecule has 207 valence electrons. The molecule has 0 aromatic carbocycles. The molecule has 0 aliphatic carbocycles. The minimum absolute atomic E-state index is 0.916. The highest BCUT2D eigenvalue weighted by atomic mass is 27.1. The van der Waals surface area contributed by atoms with Crippen LogP contribution in [0.25, 0.3) is 0 Å². The van der Waals surface area contributed by atoms with Gasteiger partial charge in [-0.2, -0.15) is 83.4 Å². The van der Waals surface area contributed by atoms with Crippen LogP contribution in [0.5, 0.6) is 0 Å². The molecule has 0 bridgehead atoms. The van der Waals surface area contributed by atoms with E-state index in [1.54, 1.807) is 0 Å². The third kappa shape index (κ3) is 4.66. The summed E-state index contributed by atoms with van der Waals surface area (Å²) < 4.78 is 249. The molecular weight excluding hydrogens is 576 g/mol. The summed E-state index contributed by atoms with van der Waals surface area (Å²) in [5.74, 6) is -68.0. The third-order valence-electron chi connectivity index (χ3n) is 3.87. The zero-order valence-corrected chi connectivity index (χ0v) is 17.3. The molecule has 0 aliphatic heterocycles. The van der Waals surface area contributed by atoms with Crippen molar-refractivity contribution in [3.63, 3.8) is 0 Å². The quantitative estimate of drug-likeness (QED) is 0.214. The van der Waals surface area contributed by atoms with Crippen molar-refractivity contribution >= 4 is 20.2 Å². The second-order valence-corrected chi connectivity index (χ2v) is 7.79. The number of carbonyl (C=O) groups excluding carboxylic acids is 1. The van der Waals surface area contributed by atoms with E-state index in [-0.39, 0.29) is 0 Å². The van der Waals surface area contributed by atoms with Crippen LogP contribution in [0, 0.1) is 0 Å². The molecule has 0 saturated carbocycles. The first kappa shape index (κ1) is 33.8. The molecule has 0 aliphatic rings. The SMILES string of the molecule is CC(C)[O][Al][C](=O)C(F)(F)C(F)(F)C(F)(F)C(F)(F)C(F)(F)C(F)(F)C(F)(F)C(F)(F)C(F)(F)F. The summed E-state index contributed by atoms with van der Waals surface area (Å²) >= 11 is -3.17. The van der Waals surface area contributed by atoms with Gasteiger partial charge in [-0.25, -0.2) is 0 Å². The lowest BCUT2D eigenvalue weighted by atomic mass is 9.87. The van der Waals surface area contributed by atoms with Gasteiger partial charge in [-0.3, -0.25) is 0 Å². The van der Waals surface area contributed by atoms with Crippen LogP contribution in [-0.2, 0) is 8.58 Å². The summed E-state index contributed by atoms with van der Waals surface area (Å²) in [6.07, 6.45) is -9.22. The lowest BCUT2D eigenvalue weighted by Crippen LogP contribution is -2.76. The van der Waals surface area contributed by atoms with Crippen LogP contribution in [0.3, 0.4) is 0 Å². The van der Waals surface area contributed by atoms with Crippen molar-refractivity contribution in [2.75, 3.05) is 0 Å². The first-order valence-electron chi connectivity index (χ1n) is 7.96. The van der Waals surface area contributed by atoms with E-state index < -0.39 is 79.9 Å². The summed E-state index contributed by atoms with van der Waals surface area (Å²) in [7, 11) is 0. The van der Waals surface area contributed by atoms with Gasteiger partial charge in [-0.1, -0.05) is 0 Å². The van der Waals surface area contributed by atoms with Gasteiger partial charge in [-0.15, -0.1) is 0 Å². The zero-order chi connectivity index (χ0) is 29.1. The molecule has 1 radical (unpaired) electrons. The summed E-state index contributed by atoms with van der Waals surface area (Å²) in [6, 6.07) is 0. The molecule has 2 nitrogen and oxygen atoms in total. The molecule has 0 aromatic heterocycles. The van der Waals surface area contributed by atoms with Gasteiger partial charge < -0.3 is 8.58 Å². The molecule has 0 N–H and O–H groups in total. The van der Waals surface area contributed by atoms with E-state index in [0.29, 0.717) is 0 Å². The second-order valence-electron chi connectivity index (χ2n) is 6.76. The molecule has 35 heavy (non-hydrogen) atoms. The van der Waals surface area contributed by atoms with Gasteiger partial charge in [0.25, 0.3) is 0 Å². The number of carbonyl (C=O) groups is 1. The van der Waals surface area contributed by atoms with Crippen molar-refractivity contribution in [1.82, 2.24) is 0 Å². The van der Waals surface area contributed by atoms with Gasteiger partial charge in [0.2, 0.25) is 0 Å². The first-order chi connectivity index (χ1) is 14.8. The summed E-state index contributed by atoms with van der Waals surface area (Å²) in [5, 5.41) is 0. The van der Waals surface area contributed by atoms with Crippen molar-refractivity contribution < 1.29 is 92.0 Å². The monoisotopic (exact) mass is 583 g/mol. The van der Waals surface area contributed by atoms with Crippen molar-refractivity contribution in [2.24, 2.45) is 0 Å². The Morgan fingerprint density at radius 2 is 0.771 bits per heavy atom. The molecule has 0 heterocycles. The highest BCUT2D eigenvalue weighted by molar-refractivity contribution is 6.70. The van der Waals surface area contributed by atoms with Crippen molar-refractivity contribution in [3.8, 4) is 0 Å². The summed E-state index contributed by atoms with van der Waals surface area (Å²) in [5.41, 5.74) is 0. The highest BCUT2D eigenvalue weighted by Gasteiger charge is 2.97. The lowest BCUT2D eigenvalue weighted by molar-refractivity contribution is -0.466. The molecule has 0 saturated heterocycles. The fourth-order valence-corrected chi connectivity index (χ4v) is 2.51. The molecule has 0 amide bonds. The molecule has 0 unspecified atom stereocenters. The largest absolute Gasteiger partial charge is 0.536 e. The zero-order valence-electron chi connectivity index (χ0n) is 16.2. The summed E-state index contributed by atoms with van der Waals surface area (Å²) in [4.78, 5) is 11.1. The number of halogens is 19. The number of alkyl halides is 19. The minimum Gasteiger partial charge on any atom is -0.499 e. The standard InChI is InChI=1S/C10F19O.C3H7O.Al/c11-2(12,1-30)3(13,14)4(15,16)5(17,18)6(19,20)7(21,22)8(23,24)9(25,26)10(27,28)29;1-3(2)4;/h;3H,1-2H3;/q;-1;+1. The van der Waals surface area contributed by atoms with Gasteiger partial charge in [0, 0.05) is 6.10 Å². The fraction of sp³-hybridized carbons (Fsp3) is 0.923. The lowest BCUT2D eigenvalue weighted by Gasteiger charge is -2.43. The van der Waals surface area contributed by atoms with Crippen LogP contribution >= 0.6 is 0 Å². The van der Waals surface area contributed by atoms with Crippen molar-refractivity contribution in [2.45, 2.75) is 73.5 Å². The topological polar surface area (TPSA) is 26.3 Å². The van der Waals surface area contributed by atoms with Crippen LogP contribution in [0.4, 0.5) is 83.4 Å². The van der Waals surface area contributed by atoms with Gasteiger partial charge in [0.15, 0.2) is 4.65 Å². The van der Waals surface area contributed by atoms with E-state index in [1.807, 2.05) is 0 Å². The number of hydrogen-bond donors (Lipinski definition) is 0. The van der Waals surface area contributed by atoms with Crippen LogP contribution in [-0.4, -0.2) is 79.9 Å². The highest BCUT2D eigenvalue weighted by Crippen LogP contribution is 2.65. The predicted octanol–water partition coefficient (Wildman–Crippen LogP) is 6.20. The minimum atomic E-state index is -9.01. The first-order valence-corrected chi connectivity index (χ1v) is 9.01. The van der Waals surface area contributed by atoms with Gasteiger partial charge in [0.1, 0.15) is 0 Å². The molecular formula is C13H7AlF19O2. The molecule has 22 heteroatoms. The Kier molecular flexibility index (Phi) is 8.69. The Morgan fingerprint density at radius 1 is 0.514 bits per heavy atom. The smallest absolute Gasteiger partial charge is 0.499 e. The van der Waals surface area contributed by atoms with E-state index in [1.165, 1.54) is 0 Å². The second kappa shape index (κ2) is 8.99. The van der Waals surface area contributed by atoms with Crippen molar-refractivity contribution in [3.05, 3.63) is 0 Å². The number of rotatable bonds is 11. The Hall–Kier alpha value is -1.17. The van der Waals surface area contributed by atoms with Gasteiger partial charge in [0.05, 0.1) is 0 Å². The Balaban J connectivity index is 6.82. The molecule has 0 aromatic rings. The van der Waals surface area contributed by atoms with E-state index in [2.05, 4.69) is 3.79 Å². The molecule has 0 rings (SSSR count). The van der Waals surface area contributed by atoms with E-state index in [4.69, 9.17) is 0 Å². The third-order valence-corrected chi connectivity index (χ3v) is 5.13. The number of hydrogen-bond acceptors (Lipinski definition) is 2. The average Bonchev–Trinajstić information content (AvgIpc) is 2.63. The van der Waals surface area contributed by atoms with Gasteiger partial charge in [-0.05, 0) is 13.8 Å². The maximum absolute atomic E-state index is 13.6.